The fraction of sp³-hybridized carbons (Fsp3) is 0.214. The number of pyridine rings is 1. The summed E-state index contributed by atoms with van der Waals surface area (Å²) in [5.41, 5.74) is 7.48. The van der Waals surface area contributed by atoms with E-state index in [1.54, 1.807) is 6.20 Å². The lowest BCUT2D eigenvalue weighted by Gasteiger charge is -2.27. The van der Waals surface area contributed by atoms with Crippen LogP contribution in [0.2, 0.25) is 5.02 Å². The molecule has 0 radical (unpaired) electrons. The molecule has 0 spiro atoms. The molecule has 100 valence electrons. The molecule has 1 unspecified atom stereocenters. The van der Waals surface area contributed by atoms with Crippen LogP contribution in [-0.4, -0.2) is 12.0 Å². The fourth-order valence-electron chi connectivity index (χ4n) is 1.88. The molecule has 0 aliphatic heterocycles. The molecule has 0 aliphatic rings. The van der Waals surface area contributed by atoms with Gasteiger partial charge in [-0.3, -0.25) is 0 Å². The van der Waals surface area contributed by atoms with Gasteiger partial charge in [-0.2, -0.15) is 0 Å². The first-order valence-corrected chi connectivity index (χ1v) is 7.05. The molecule has 0 fully saturated rings. The van der Waals surface area contributed by atoms with Crippen molar-refractivity contribution in [2.45, 2.75) is 13.0 Å². The number of nitrogens with zero attached hydrogens (tertiary/aromatic N) is 2. The summed E-state index contributed by atoms with van der Waals surface area (Å²) >= 11 is 9.52. The highest BCUT2D eigenvalue weighted by atomic mass is 79.9. The number of aromatic nitrogens is 1. The van der Waals surface area contributed by atoms with Crippen LogP contribution in [0.4, 0.5) is 11.5 Å². The summed E-state index contributed by atoms with van der Waals surface area (Å²) < 4.78 is 0.879. The van der Waals surface area contributed by atoms with Crippen molar-refractivity contribution >= 4 is 39.0 Å². The van der Waals surface area contributed by atoms with E-state index in [4.69, 9.17) is 17.3 Å². The van der Waals surface area contributed by atoms with Crippen LogP contribution in [0.1, 0.15) is 18.5 Å². The van der Waals surface area contributed by atoms with Crippen molar-refractivity contribution in [3.63, 3.8) is 0 Å². The lowest BCUT2D eigenvalue weighted by atomic mass is 10.1. The lowest BCUT2D eigenvalue weighted by Crippen LogP contribution is -2.23. The Balaban J connectivity index is 2.30. The van der Waals surface area contributed by atoms with Crippen LogP contribution in [0, 0.1) is 0 Å². The highest BCUT2D eigenvalue weighted by Gasteiger charge is 2.16. The van der Waals surface area contributed by atoms with Crippen LogP contribution in [-0.2, 0) is 0 Å². The van der Waals surface area contributed by atoms with E-state index in [1.807, 2.05) is 31.3 Å². The zero-order valence-electron chi connectivity index (χ0n) is 10.8. The summed E-state index contributed by atoms with van der Waals surface area (Å²) in [6.07, 6.45) is 1.65. The zero-order chi connectivity index (χ0) is 14.0. The van der Waals surface area contributed by atoms with Crippen molar-refractivity contribution in [2.75, 3.05) is 17.7 Å². The topological polar surface area (TPSA) is 42.2 Å². The first kappa shape index (κ1) is 14.2. The third kappa shape index (κ3) is 3.19. The minimum Gasteiger partial charge on any atom is -0.397 e. The summed E-state index contributed by atoms with van der Waals surface area (Å²) in [5, 5.41) is 0.738. The summed E-state index contributed by atoms with van der Waals surface area (Å²) in [5.74, 6) is 0.849. The van der Waals surface area contributed by atoms with Crippen LogP contribution in [0.15, 0.2) is 41.0 Å². The van der Waals surface area contributed by atoms with E-state index in [1.165, 1.54) is 0 Å². The SMILES string of the molecule is CC(c1cccc(Cl)c1)N(C)c1ncc(N)cc1Br. The third-order valence-corrected chi connectivity index (χ3v) is 3.91. The summed E-state index contributed by atoms with van der Waals surface area (Å²) in [6, 6.07) is 9.85. The first-order valence-electron chi connectivity index (χ1n) is 5.88. The standard InChI is InChI=1S/C14H15BrClN3/c1-9(10-4-3-5-11(16)6-10)19(2)14-13(15)7-12(17)8-18-14/h3-9H,17H2,1-2H3. The Bertz CT molecular complexity index is 589. The first-order chi connectivity index (χ1) is 8.99. The molecule has 5 heteroatoms. The van der Waals surface area contributed by atoms with E-state index in [-0.39, 0.29) is 6.04 Å². The minimum absolute atomic E-state index is 0.158. The summed E-state index contributed by atoms with van der Waals surface area (Å²) in [4.78, 5) is 6.45. The van der Waals surface area contributed by atoms with Crippen molar-refractivity contribution in [3.8, 4) is 0 Å². The maximum Gasteiger partial charge on any atom is 0.143 e. The largest absolute Gasteiger partial charge is 0.397 e. The summed E-state index contributed by atoms with van der Waals surface area (Å²) in [6.45, 7) is 2.11. The molecule has 0 amide bonds. The molecule has 19 heavy (non-hydrogen) atoms. The molecule has 0 saturated heterocycles. The maximum absolute atomic E-state index is 6.03. The van der Waals surface area contributed by atoms with Gasteiger partial charge in [-0.25, -0.2) is 4.98 Å². The van der Waals surface area contributed by atoms with Crippen molar-refractivity contribution in [1.29, 1.82) is 0 Å². The van der Waals surface area contributed by atoms with Crippen LogP contribution in [0.5, 0.6) is 0 Å². The molecule has 0 saturated carbocycles. The van der Waals surface area contributed by atoms with Crippen molar-refractivity contribution in [3.05, 3.63) is 51.6 Å². The van der Waals surface area contributed by atoms with Gasteiger partial charge >= 0.3 is 0 Å². The smallest absolute Gasteiger partial charge is 0.143 e. The third-order valence-electron chi connectivity index (χ3n) is 3.09. The normalized spacial score (nSPS) is 12.2. The fourth-order valence-corrected chi connectivity index (χ4v) is 2.72. The van der Waals surface area contributed by atoms with E-state index in [0.717, 1.165) is 20.9 Å². The molecule has 1 aromatic carbocycles. The Hall–Kier alpha value is -1.26. The Morgan fingerprint density at radius 2 is 2.11 bits per heavy atom. The van der Waals surface area contributed by atoms with E-state index >= 15 is 0 Å². The number of hydrogen-bond acceptors (Lipinski definition) is 3. The average molecular weight is 341 g/mol. The van der Waals surface area contributed by atoms with Crippen LogP contribution >= 0.6 is 27.5 Å². The van der Waals surface area contributed by atoms with Crippen molar-refractivity contribution < 1.29 is 0 Å². The number of nitrogens with two attached hydrogens (primary N) is 1. The Morgan fingerprint density at radius 1 is 1.37 bits per heavy atom. The molecule has 2 N–H and O–H groups in total. The quantitative estimate of drug-likeness (QED) is 0.907. The minimum atomic E-state index is 0.158. The number of nitrogen functional groups attached to an aromatic ring is 1. The van der Waals surface area contributed by atoms with Gasteiger partial charge in [-0.05, 0) is 46.6 Å². The molecule has 3 nitrogen and oxygen atoms in total. The van der Waals surface area contributed by atoms with Gasteiger partial charge < -0.3 is 10.6 Å². The molecule has 2 rings (SSSR count). The van der Waals surface area contributed by atoms with Gasteiger partial charge in [0.05, 0.1) is 22.4 Å². The predicted molar refractivity (Wildman–Crippen MR) is 84.6 cm³/mol. The molecule has 1 aromatic heterocycles. The maximum atomic E-state index is 6.03. The van der Waals surface area contributed by atoms with Gasteiger partial charge in [0.1, 0.15) is 5.82 Å². The number of hydrogen-bond donors (Lipinski definition) is 1. The molecule has 2 aromatic rings. The Kier molecular flexibility index (Phi) is 4.32. The highest BCUT2D eigenvalue weighted by molar-refractivity contribution is 9.10. The van der Waals surface area contributed by atoms with E-state index < -0.39 is 0 Å². The van der Waals surface area contributed by atoms with Crippen LogP contribution < -0.4 is 10.6 Å². The molecule has 1 heterocycles. The molecule has 1 atom stereocenters. The van der Waals surface area contributed by atoms with E-state index in [9.17, 15) is 0 Å². The van der Waals surface area contributed by atoms with E-state index in [2.05, 4.69) is 38.8 Å². The van der Waals surface area contributed by atoms with Crippen LogP contribution in [0.25, 0.3) is 0 Å². The monoisotopic (exact) mass is 339 g/mol. The second-order valence-electron chi connectivity index (χ2n) is 4.42. The second kappa shape index (κ2) is 5.80. The molecule has 0 aliphatic carbocycles. The number of halogens is 2. The van der Waals surface area contributed by atoms with Crippen molar-refractivity contribution in [2.24, 2.45) is 0 Å². The van der Waals surface area contributed by atoms with Gasteiger partial charge in [0, 0.05) is 12.1 Å². The lowest BCUT2D eigenvalue weighted by molar-refractivity contribution is 0.727. The average Bonchev–Trinajstić information content (AvgIpc) is 2.37. The van der Waals surface area contributed by atoms with E-state index in [0.29, 0.717) is 5.69 Å². The number of anilines is 2. The van der Waals surface area contributed by atoms with Crippen LogP contribution in [0.3, 0.4) is 0 Å². The Labute approximate surface area is 126 Å². The molecular formula is C14H15BrClN3. The van der Waals surface area contributed by atoms with Gasteiger partial charge in [0.15, 0.2) is 0 Å². The number of benzene rings is 1. The molecule has 0 bridgehead atoms. The van der Waals surface area contributed by atoms with Gasteiger partial charge in [-0.15, -0.1) is 0 Å². The predicted octanol–water partition coefficient (Wildman–Crippen LogP) is 4.28. The zero-order valence-corrected chi connectivity index (χ0v) is 13.1. The molecular weight excluding hydrogens is 326 g/mol. The van der Waals surface area contributed by atoms with Gasteiger partial charge in [-0.1, -0.05) is 23.7 Å². The van der Waals surface area contributed by atoms with Gasteiger partial charge in [0.25, 0.3) is 0 Å². The van der Waals surface area contributed by atoms with Gasteiger partial charge in [0.2, 0.25) is 0 Å². The summed E-state index contributed by atoms with van der Waals surface area (Å²) in [7, 11) is 1.99. The second-order valence-corrected chi connectivity index (χ2v) is 5.71. The highest BCUT2D eigenvalue weighted by Crippen LogP contribution is 2.31. The van der Waals surface area contributed by atoms with Crippen molar-refractivity contribution in [1.82, 2.24) is 4.98 Å². The Morgan fingerprint density at radius 3 is 2.74 bits per heavy atom. The number of rotatable bonds is 3.